The molecule has 0 aliphatic carbocycles. The highest BCUT2D eigenvalue weighted by atomic mass is 35.5. The van der Waals surface area contributed by atoms with Crippen molar-refractivity contribution in [1.82, 2.24) is 14.1 Å². The molecular weight excluding hydrogens is 428 g/mol. The van der Waals surface area contributed by atoms with E-state index in [9.17, 15) is 9.59 Å². The number of aryl methyl sites for hydroxylation is 1. The van der Waals surface area contributed by atoms with E-state index >= 15 is 0 Å². The molecule has 3 aromatic rings. The number of amides is 1. The maximum absolute atomic E-state index is 12.7. The van der Waals surface area contributed by atoms with Crippen LogP contribution in [0.3, 0.4) is 0 Å². The average Bonchev–Trinajstić information content (AvgIpc) is 3.12. The van der Waals surface area contributed by atoms with Crippen molar-refractivity contribution < 1.29 is 14.3 Å². The fourth-order valence-corrected chi connectivity index (χ4v) is 3.87. The number of carbonyl (C=O) groups is 1. The summed E-state index contributed by atoms with van der Waals surface area (Å²) in [7, 11) is 4.82. The van der Waals surface area contributed by atoms with Gasteiger partial charge in [-0.25, -0.2) is 4.98 Å². The Hall–Kier alpha value is -2.91. The quantitative estimate of drug-likeness (QED) is 0.532. The van der Waals surface area contributed by atoms with Crippen molar-refractivity contribution in [2.24, 2.45) is 7.05 Å². The normalized spacial score (nSPS) is 10.7. The van der Waals surface area contributed by atoms with E-state index in [1.807, 2.05) is 17.8 Å². The molecule has 1 amide bonds. The number of anilines is 1. The predicted molar refractivity (Wildman–Crippen MR) is 117 cm³/mol. The highest BCUT2D eigenvalue weighted by Crippen LogP contribution is 2.28. The molecule has 2 heterocycles. The molecule has 3 rings (SSSR count). The number of benzene rings is 1. The minimum atomic E-state index is -0.301. The first-order valence-corrected chi connectivity index (χ1v) is 10.3. The number of aromatic nitrogens is 3. The fraction of sp³-hybridized carbons (Fsp3) is 0.250. The summed E-state index contributed by atoms with van der Waals surface area (Å²) in [4.78, 5) is 29.2. The summed E-state index contributed by atoms with van der Waals surface area (Å²) in [6.07, 6.45) is 5.08. The predicted octanol–water partition coefficient (Wildman–Crippen LogP) is 3.18. The number of carbonyl (C=O) groups excluding carboxylic acids is 1. The highest BCUT2D eigenvalue weighted by Gasteiger charge is 2.14. The van der Waals surface area contributed by atoms with Crippen LogP contribution in [0.25, 0.3) is 0 Å². The monoisotopic (exact) mass is 448 g/mol. The van der Waals surface area contributed by atoms with Gasteiger partial charge in [-0.2, -0.15) is 0 Å². The molecule has 0 radical (unpaired) electrons. The van der Waals surface area contributed by atoms with Crippen molar-refractivity contribution >= 4 is 35.0 Å². The molecule has 30 heavy (non-hydrogen) atoms. The number of ether oxygens (including phenoxy) is 2. The Balaban J connectivity index is 1.83. The summed E-state index contributed by atoms with van der Waals surface area (Å²) >= 11 is 7.49. The standard InChI is InChI=1S/C20H21ClN4O4S/c1-24-7-6-22-20(24)30-12-14-9-16(26)18(29-3)10-25(14)11-19(27)23-15-8-13(21)4-5-17(15)28-2/h4-10H,11-12H2,1-3H3,(H,23,27). The molecule has 0 aliphatic rings. The molecule has 0 unspecified atom stereocenters. The van der Waals surface area contributed by atoms with Gasteiger partial charge in [0.15, 0.2) is 10.9 Å². The molecule has 0 saturated heterocycles. The number of methoxy groups -OCH3 is 2. The maximum atomic E-state index is 12.7. The number of rotatable bonds is 8. The zero-order valence-corrected chi connectivity index (χ0v) is 18.3. The fourth-order valence-electron chi connectivity index (χ4n) is 2.77. The molecule has 0 bridgehead atoms. The van der Waals surface area contributed by atoms with E-state index in [4.69, 9.17) is 21.1 Å². The third-order valence-electron chi connectivity index (χ3n) is 4.28. The van der Waals surface area contributed by atoms with Crippen LogP contribution in [-0.4, -0.2) is 34.2 Å². The summed E-state index contributed by atoms with van der Waals surface area (Å²) in [5.74, 6) is 0.812. The molecule has 1 aromatic carbocycles. The minimum absolute atomic E-state index is 0.0250. The number of pyridine rings is 1. The first kappa shape index (κ1) is 21.8. The first-order chi connectivity index (χ1) is 14.4. The number of nitrogens with zero attached hydrogens (tertiary/aromatic N) is 3. The number of hydrogen-bond acceptors (Lipinski definition) is 6. The number of halogens is 1. The van der Waals surface area contributed by atoms with Gasteiger partial charge in [0, 0.05) is 42.0 Å². The Labute approximate surface area is 182 Å². The number of hydrogen-bond donors (Lipinski definition) is 1. The van der Waals surface area contributed by atoms with Crippen molar-refractivity contribution in [2.45, 2.75) is 17.5 Å². The van der Waals surface area contributed by atoms with E-state index in [0.717, 1.165) is 5.16 Å². The molecule has 1 N–H and O–H groups in total. The van der Waals surface area contributed by atoms with Gasteiger partial charge < -0.3 is 23.9 Å². The van der Waals surface area contributed by atoms with Crippen molar-refractivity contribution in [2.75, 3.05) is 19.5 Å². The number of imidazole rings is 1. The van der Waals surface area contributed by atoms with E-state index in [0.29, 0.717) is 27.9 Å². The Bertz CT molecular complexity index is 1110. The molecule has 0 saturated carbocycles. The van der Waals surface area contributed by atoms with Gasteiger partial charge in [-0.3, -0.25) is 9.59 Å². The van der Waals surface area contributed by atoms with Gasteiger partial charge in [-0.15, -0.1) is 0 Å². The summed E-state index contributed by atoms with van der Waals surface area (Å²) in [5, 5.41) is 4.08. The van der Waals surface area contributed by atoms with Crippen LogP contribution in [0.1, 0.15) is 5.69 Å². The second-order valence-corrected chi connectivity index (χ2v) is 7.71. The van der Waals surface area contributed by atoms with E-state index in [1.165, 1.54) is 38.2 Å². The third kappa shape index (κ3) is 5.17. The molecule has 0 atom stereocenters. The van der Waals surface area contributed by atoms with Crippen LogP contribution in [0.5, 0.6) is 11.5 Å². The lowest BCUT2D eigenvalue weighted by Gasteiger charge is -2.16. The van der Waals surface area contributed by atoms with Gasteiger partial charge in [0.2, 0.25) is 11.3 Å². The van der Waals surface area contributed by atoms with Gasteiger partial charge in [-0.05, 0) is 18.2 Å². The van der Waals surface area contributed by atoms with Crippen LogP contribution >= 0.6 is 23.4 Å². The van der Waals surface area contributed by atoms with Crippen molar-refractivity contribution in [1.29, 1.82) is 0 Å². The Kier molecular flexibility index (Phi) is 7.07. The summed E-state index contributed by atoms with van der Waals surface area (Å²) in [5.41, 5.74) is 0.884. The molecule has 0 aliphatic heterocycles. The maximum Gasteiger partial charge on any atom is 0.244 e. The lowest BCUT2D eigenvalue weighted by molar-refractivity contribution is -0.116. The van der Waals surface area contributed by atoms with E-state index < -0.39 is 0 Å². The Morgan fingerprint density at radius 1 is 1.23 bits per heavy atom. The van der Waals surface area contributed by atoms with Crippen LogP contribution in [0.2, 0.25) is 5.02 Å². The molecule has 0 fully saturated rings. The molecule has 8 nitrogen and oxygen atoms in total. The summed E-state index contributed by atoms with van der Waals surface area (Å²) < 4.78 is 14.0. The largest absolute Gasteiger partial charge is 0.495 e. The lowest BCUT2D eigenvalue weighted by Crippen LogP contribution is -2.23. The van der Waals surface area contributed by atoms with Gasteiger partial charge in [0.25, 0.3) is 0 Å². The van der Waals surface area contributed by atoms with Crippen LogP contribution < -0.4 is 20.2 Å². The SMILES string of the molecule is COc1ccc(Cl)cc1NC(=O)Cn1cc(OC)c(=O)cc1CSc1nccn1C. The van der Waals surface area contributed by atoms with Crippen molar-refractivity contribution in [3.8, 4) is 11.5 Å². The van der Waals surface area contributed by atoms with Crippen LogP contribution in [0, 0.1) is 0 Å². The molecule has 0 spiro atoms. The van der Waals surface area contributed by atoms with Gasteiger partial charge in [-0.1, -0.05) is 23.4 Å². The van der Waals surface area contributed by atoms with E-state index in [-0.39, 0.29) is 23.6 Å². The second-order valence-electron chi connectivity index (χ2n) is 6.33. The minimum Gasteiger partial charge on any atom is -0.495 e. The van der Waals surface area contributed by atoms with E-state index in [1.54, 1.807) is 29.0 Å². The van der Waals surface area contributed by atoms with Gasteiger partial charge in [0.05, 0.1) is 26.1 Å². The Morgan fingerprint density at radius 3 is 2.67 bits per heavy atom. The summed E-state index contributed by atoms with van der Waals surface area (Å²) in [6.45, 7) is -0.0250. The third-order valence-corrected chi connectivity index (χ3v) is 5.60. The smallest absolute Gasteiger partial charge is 0.244 e. The lowest BCUT2D eigenvalue weighted by atomic mass is 10.3. The zero-order chi connectivity index (χ0) is 21.7. The summed E-state index contributed by atoms with van der Waals surface area (Å²) in [6, 6.07) is 6.44. The van der Waals surface area contributed by atoms with Crippen molar-refractivity contribution in [3.05, 3.63) is 63.8 Å². The van der Waals surface area contributed by atoms with Crippen LogP contribution in [0.15, 0.2) is 52.8 Å². The molecule has 158 valence electrons. The number of thioether (sulfide) groups is 1. The van der Waals surface area contributed by atoms with Crippen molar-refractivity contribution in [3.63, 3.8) is 0 Å². The van der Waals surface area contributed by atoms with Crippen LogP contribution in [0.4, 0.5) is 5.69 Å². The number of nitrogens with one attached hydrogen (secondary N) is 1. The molecule has 2 aromatic heterocycles. The second kappa shape index (κ2) is 9.73. The Morgan fingerprint density at radius 2 is 2.00 bits per heavy atom. The molecular formula is C20H21ClN4O4S. The van der Waals surface area contributed by atoms with Gasteiger partial charge in [0.1, 0.15) is 12.3 Å². The average molecular weight is 449 g/mol. The van der Waals surface area contributed by atoms with Gasteiger partial charge >= 0.3 is 0 Å². The zero-order valence-electron chi connectivity index (χ0n) is 16.7. The van der Waals surface area contributed by atoms with E-state index in [2.05, 4.69) is 10.3 Å². The topological polar surface area (TPSA) is 87.4 Å². The molecule has 10 heteroatoms. The first-order valence-electron chi connectivity index (χ1n) is 8.92. The van der Waals surface area contributed by atoms with Crippen LogP contribution in [-0.2, 0) is 24.1 Å². The highest BCUT2D eigenvalue weighted by molar-refractivity contribution is 7.98.